The number of carbonyl (C=O) groups is 1. The van der Waals surface area contributed by atoms with Gasteiger partial charge in [0.2, 0.25) is 15.9 Å². The van der Waals surface area contributed by atoms with E-state index in [2.05, 4.69) is 12.2 Å². The molecule has 8 nitrogen and oxygen atoms in total. The molecule has 0 radical (unpaired) electrons. The maximum atomic E-state index is 12.7. The predicted molar refractivity (Wildman–Crippen MR) is 94.9 cm³/mol. The fourth-order valence-electron chi connectivity index (χ4n) is 3.30. The van der Waals surface area contributed by atoms with Gasteiger partial charge in [-0.25, -0.2) is 8.42 Å². The smallest absolute Gasteiger partial charge is 0.270 e. The molecule has 1 aliphatic carbocycles. The highest BCUT2D eigenvalue weighted by molar-refractivity contribution is 7.89. The number of sulfonamides is 1. The number of non-ortho nitro benzene ring substituents is 1. The molecule has 140 valence electrons. The summed E-state index contributed by atoms with van der Waals surface area (Å²) >= 11 is 0. The maximum absolute atomic E-state index is 12.7. The molecule has 3 rings (SSSR count). The first-order chi connectivity index (χ1) is 12.4. The van der Waals surface area contributed by atoms with E-state index >= 15 is 0 Å². The third-order valence-corrected chi connectivity index (χ3v) is 6.70. The van der Waals surface area contributed by atoms with Gasteiger partial charge in [-0.15, -0.1) is 0 Å². The topological polar surface area (TPSA) is 101 Å². The van der Waals surface area contributed by atoms with E-state index in [1.54, 1.807) is 4.90 Å². The van der Waals surface area contributed by atoms with E-state index in [-0.39, 0.29) is 35.5 Å². The lowest BCUT2D eigenvalue weighted by Crippen LogP contribution is -2.50. The zero-order valence-corrected chi connectivity index (χ0v) is 15.1. The molecular weight excluding hydrogens is 358 g/mol. The van der Waals surface area contributed by atoms with Gasteiger partial charge in [0.05, 0.1) is 9.82 Å². The van der Waals surface area contributed by atoms with Crippen LogP contribution in [0.15, 0.2) is 41.3 Å². The second-order valence-corrected chi connectivity index (χ2v) is 8.45. The number of piperazine rings is 1. The van der Waals surface area contributed by atoms with Gasteiger partial charge < -0.3 is 4.90 Å². The van der Waals surface area contributed by atoms with E-state index < -0.39 is 14.9 Å². The Kier molecular flexibility index (Phi) is 5.38. The van der Waals surface area contributed by atoms with Crippen molar-refractivity contribution in [3.63, 3.8) is 0 Å². The van der Waals surface area contributed by atoms with Gasteiger partial charge in [0.15, 0.2) is 0 Å². The molecule has 0 N–H and O–H groups in total. The normalized spacial score (nSPS) is 21.1. The summed E-state index contributed by atoms with van der Waals surface area (Å²) in [6, 6.07) is 5.04. The molecule has 1 aliphatic heterocycles. The van der Waals surface area contributed by atoms with Crippen LogP contribution in [0, 0.1) is 16.0 Å². The minimum atomic E-state index is -3.81. The van der Waals surface area contributed by atoms with Crippen LogP contribution in [0.4, 0.5) is 5.69 Å². The van der Waals surface area contributed by atoms with Gasteiger partial charge in [-0.1, -0.05) is 18.2 Å². The van der Waals surface area contributed by atoms with Crippen molar-refractivity contribution in [3.8, 4) is 0 Å². The molecule has 9 heteroatoms. The van der Waals surface area contributed by atoms with Gasteiger partial charge in [-0.3, -0.25) is 14.9 Å². The Morgan fingerprint density at radius 2 is 1.96 bits per heavy atom. The number of benzene rings is 1. The zero-order valence-electron chi connectivity index (χ0n) is 14.3. The molecule has 2 aliphatic rings. The predicted octanol–water partition coefficient (Wildman–Crippen LogP) is 1.78. The largest absolute Gasteiger partial charge is 0.340 e. The van der Waals surface area contributed by atoms with Crippen LogP contribution in [0.2, 0.25) is 0 Å². The molecule has 1 aromatic rings. The highest BCUT2D eigenvalue weighted by atomic mass is 32.2. The lowest BCUT2D eigenvalue weighted by molar-refractivity contribution is -0.385. The van der Waals surface area contributed by atoms with Crippen LogP contribution in [-0.2, 0) is 14.8 Å². The van der Waals surface area contributed by atoms with Crippen molar-refractivity contribution in [2.24, 2.45) is 5.92 Å². The molecule has 1 atom stereocenters. The van der Waals surface area contributed by atoms with Gasteiger partial charge >= 0.3 is 0 Å². The lowest BCUT2D eigenvalue weighted by atomic mass is 10.0. The molecule has 1 saturated heterocycles. The number of amides is 1. The fourth-order valence-corrected chi connectivity index (χ4v) is 4.77. The third-order valence-electron chi connectivity index (χ3n) is 4.81. The minimum Gasteiger partial charge on any atom is -0.340 e. The molecule has 1 heterocycles. The summed E-state index contributed by atoms with van der Waals surface area (Å²) < 4.78 is 26.7. The first-order valence-electron chi connectivity index (χ1n) is 8.57. The summed E-state index contributed by atoms with van der Waals surface area (Å²) in [6.07, 6.45) is 6.62. The van der Waals surface area contributed by atoms with Crippen molar-refractivity contribution in [2.75, 3.05) is 26.2 Å². The van der Waals surface area contributed by atoms with Crippen molar-refractivity contribution in [1.29, 1.82) is 0 Å². The average Bonchev–Trinajstić information content (AvgIpc) is 3.15. The monoisotopic (exact) mass is 379 g/mol. The minimum absolute atomic E-state index is 0.0500. The van der Waals surface area contributed by atoms with Crippen LogP contribution in [0.25, 0.3) is 0 Å². The summed E-state index contributed by atoms with van der Waals surface area (Å²) in [7, 11) is -3.81. The molecule has 1 amide bonds. The SMILES string of the molecule is O=C(C[C@@H]1C=CCC1)N1CCN(S(=O)(=O)c2cccc([N+](=O)[O-])c2)CC1. The Bertz CT molecular complexity index is 829. The van der Waals surface area contributed by atoms with E-state index in [0.29, 0.717) is 19.5 Å². The summed E-state index contributed by atoms with van der Waals surface area (Å²) in [5, 5.41) is 10.9. The number of hydrogen-bond acceptors (Lipinski definition) is 5. The van der Waals surface area contributed by atoms with Crippen LogP contribution >= 0.6 is 0 Å². The van der Waals surface area contributed by atoms with E-state index in [1.165, 1.54) is 22.5 Å². The lowest BCUT2D eigenvalue weighted by Gasteiger charge is -2.34. The Balaban J connectivity index is 1.63. The van der Waals surface area contributed by atoms with Crippen molar-refractivity contribution in [3.05, 3.63) is 46.5 Å². The number of hydrogen-bond donors (Lipinski definition) is 0. The highest BCUT2D eigenvalue weighted by Gasteiger charge is 2.31. The molecule has 1 aromatic carbocycles. The fraction of sp³-hybridized carbons (Fsp3) is 0.471. The average molecular weight is 379 g/mol. The number of carbonyl (C=O) groups excluding carboxylic acids is 1. The Labute approximate surface area is 152 Å². The number of nitro benzene ring substituents is 1. The van der Waals surface area contributed by atoms with Crippen molar-refractivity contribution >= 4 is 21.6 Å². The van der Waals surface area contributed by atoms with Crippen molar-refractivity contribution in [1.82, 2.24) is 9.21 Å². The number of nitrogens with zero attached hydrogens (tertiary/aromatic N) is 3. The highest BCUT2D eigenvalue weighted by Crippen LogP contribution is 2.24. The summed E-state index contributed by atoms with van der Waals surface area (Å²) in [4.78, 5) is 24.2. The Morgan fingerprint density at radius 1 is 1.23 bits per heavy atom. The summed E-state index contributed by atoms with van der Waals surface area (Å²) in [5.74, 6) is 0.336. The number of rotatable bonds is 5. The standard InChI is InChI=1S/C17H21N3O5S/c21-17(12-14-4-1-2-5-14)18-8-10-19(11-9-18)26(24,25)16-7-3-6-15(13-16)20(22)23/h1,3-4,6-7,13-14H,2,5,8-12H2/t14-/m1/s1. The molecule has 0 bridgehead atoms. The van der Waals surface area contributed by atoms with E-state index in [1.807, 2.05) is 0 Å². The molecule has 0 spiro atoms. The molecule has 0 aromatic heterocycles. The molecule has 1 fully saturated rings. The first-order valence-corrected chi connectivity index (χ1v) is 10.0. The quantitative estimate of drug-likeness (QED) is 0.441. The molecule has 26 heavy (non-hydrogen) atoms. The van der Waals surface area contributed by atoms with Crippen molar-refractivity contribution < 1.29 is 18.1 Å². The summed E-state index contributed by atoms with van der Waals surface area (Å²) in [6.45, 7) is 1.06. The number of nitro groups is 1. The van der Waals surface area contributed by atoms with Gasteiger partial charge in [0.1, 0.15) is 0 Å². The van der Waals surface area contributed by atoms with Gasteiger partial charge in [0.25, 0.3) is 5.69 Å². The van der Waals surface area contributed by atoms with Crippen LogP contribution in [-0.4, -0.2) is 54.6 Å². The van der Waals surface area contributed by atoms with Gasteiger partial charge in [0, 0.05) is 44.7 Å². The molecular formula is C17H21N3O5S. The van der Waals surface area contributed by atoms with Crippen LogP contribution in [0.5, 0.6) is 0 Å². The second kappa shape index (κ2) is 7.55. The third kappa shape index (κ3) is 3.94. The first kappa shape index (κ1) is 18.5. The van der Waals surface area contributed by atoms with E-state index in [4.69, 9.17) is 0 Å². The molecule has 0 saturated carbocycles. The van der Waals surface area contributed by atoms with E-state index in [9.17, 15) is 23.3 Å². The Hall–Kier alpha value is -2.26. The number of allylic oxidation sites excluding steroid dienone is 2. The summed E-state index contributed by atoms with van der Waals surface area (Å²) in [5.41, 5.74) is -0.260. The maximum Gasteiger partial charge on any atom is 0.270 e. The zero-order chi connectivity index (χ0) is 18.7. The van der Waals surface area contributed by atoms with Gasteiger partial charge in [-0.05, 0) is 24.8 Å². The second-order valence-electron chi connectivity index (χ2n) is 6.51. The van der Waals surface area contributed by atoms with E-state index in [0.717, 1.165) is 18.9 Å². The van der Waals surface area contributed by atoms with Crippen LogP contribution in [0.1, 0.15) is 19.3 Å². The van der Waals surface area contributed by atoms with Gasteiger partial charge in [-0.2, -0.15) is 4.31 Å². The van der Waals surface area contributed by atoms with Crippen molar-refractivity contribution in [2.45, 2.75) is 24.2 Å². The Morgan fingerprint density at radius 3 is 2.58 bits per heavy atom. The molecule has 0 unspecified atom stereocenters. The van der Waals surface area contributed by atoms with Crippen LogP contribution < -0.4 is 0 Å². The van der Waals surface area contributed by atoms with Crippen LogP contribution in [0.3, 0.4) is 0 Å².